The molecule has 0 unspecified atom stereocenters. The van der Waals surface area contributed by atoms with E-state index in [0.29, 0.717) is 12.8 Å². The fourth-order valence-corrected chi connectivity index (χ4v) is 4.09. The normalized spacial score (nSPS) is 14.6. The third kappa shape index (κ3) is 4.87. The van der Waals surface area contributed by atoms with Crippen LogP contribution in [0.1, 0.15) is 46.9 Å². The predicted molar refractivity (Wildman–Crippen MR) is 118 cm³/mol. The summed E-state index contributed by atoms with van der Waals surface area (Å²) in [5.74, 6) is -5.22. The summed E-state index contributed by atoms with van der Waals surface area (Å²) in [6.07, 6.45) is -3.65. The van der Waals surface area contributed by atoms with Crippen molar-refractivity contribution in [1.29, 1.82) is 0 Å². The van der Waals surface area contributed by atoms with Gasteiger partial charge in [-0.3, -0.25) is 4.79 Å². The summed E-state index contributed by atoms with van der Waals surface area (Å²) in [6.45, 7) is 2.70. The van der Waals surface area contributed by atoms with Crippen molar-refractivity contribution in [1.82, 2.24) is 10.2 Å². The Bertz CT molecular complexity index is 1440. The number of benzene rings is 2. The summed E-state index contributed by atoms with van der Waals surface area (Å²) in [7, 11) is -3.00. The molecule has 1 fully saturated rings. The van der Waals surface area contributed by atoms with Gasteiger partial charge in [0.2, 0.25) is 5.82 Å². The minimum atomic E-state index is -4.98. The lowest BCUT2D eigenvalue weighted by Crippen LogP contribution is -2.21. The highest BCUT2D eigenvalue weighted by Crippen LogP contribution is 2.49. The van der Waals surface area contributed by atoms with E-state index in [9.17, 15) is 35.2 Å². The van der Waals surface area contributed by atoms with Gasteiger partial charge in [0.15, 0.2) is 28.0 Å². The number of anilines is 1. The number of carbonyl (C=O) groups is 1. The highest BCUT2D eigenvalue weighted by Gasteiger charge is 2.42. The average molecular weight is 527 g/mol. The van der Waals surface area contributed by atoms with E-state index in [1.165, 1.54) is 24.3 Å². The molecule has 1 amide bonds. The molecule has 0 spiro atoms. The number of nitrogens with zero attached hydrogens (tertiary/aromatic N) is 2. The predicted octanol–water partition coefficient (Wildman–Crippen LogP) is 5.15. The summed E-state index contributed by atoms with van der Waals surface area (Å²) in [5, 5.41) is 8.67. The van der Waals surface area contributed by atoms with E-state index < -0.39 is 68.3 Å². The summed E-state index contributed by atoms with van der Waals surface area (Å²) < 4.78 is 97.5. The maximum absolute atomic E-state index is 14.8. The number of carbonyl (C=O) groups excluding carboxylic acids is 1. The molecule has 0 aliphatic heterocycles. The van der Waals surface area contributed by atoms with Crippen molar-refractivity contribution in [3.8, 4) is 11.6 Å². The van der Waals surface area contributed by atoms with Crippen molar-refractivity contribution >= 4 is 22.3 Å². The van der Waals surface area contributed by atoms with E-state index in [0.717, 1.165) is 19.1 Å². The number of aromatic nitrogens is 2. The van der Waals surface area contributed by atoms with E-state index in [4.69, 9.17) is 4.74 Å². The molecule has 0 radical (unpaired) electrons. The van der Waals surface area contributed by atoms with Gasteiger partial charge in [-0.2, -0.15) is 17.6 Å². The summed E-state index contributed by atoms with van der Waals surface area (Å²) in [6, 6.07) is 7.36. The zero-order valence-electron chi connectivity index (χ0n) is 18.7. The topological polar surface area (TPSA) is 98.2 Å². The van der Waals surface area contributed by atoms with Crippen LogP contribution < -0.4 is 10.1 Å². The number of ether oxygens (including phenoxy) is 1. The highest BCUT2D eigenvalue weighted by atomic mass is 32.2. The number of thiol groups is 1. The lowest BCUT2D eigenvalue weighted by molar-refractivity contribution is -0.142. The molecule has 0 saturated heterocycles. The standard InChI is InChI=1S/C23H18F5N3O4S/c1-11-16(20(32)29-12-4-3-5-13(10-12)36(33)34)21(31-30-19(11)23(26,27)28)35-15-7-6-14(17(24)18(15)25)22(2)8-9-22/h3-7,10,36H,8-9H2,1-2H3,(H,29,32). The molecule has 1 saturated carbocycles. The van der Waals surface area contributed by atoms with Crippen molar-refractivity contribution in [2.45, 2.75) is 43.2 Å². The van der Waals surface area contributed by atoms with Gasteiger partial charge in [0.1, 0.15) is 5.56 Å². The van der Waals surface area contributed by atoms with Crippen LogP contribution in [0.4, 0.5) is 27.6 Å². The molecular weight excluding hydrogens is 509 g/mol. The second kappa shape index (κ2) is 9.12. The average Bonchev–Trinajstić information content (AvgIpc) is 3.54. The van der Waals surface area contributed by atoms with Gasteiger partial charge in [0, 0.05) is 5.69 Å². The van der Waals surface area contributed by atoms with E-state index in [-0.39, 0.29) is 16.1 Å². The Hall–Kier alpha value is -3.61. The van der Waals surface area contributed by atoms with Crippen LogP contribution in [0.3, 0.4) is 0 Å². The summed E-state index contributed by atoms with van der Waals surface area (Å²) >= 11 is 0. The van der Waals surface area contributed by atoms with Crippen molar-refractivity contribution < 1.29 is 39.9 Å². The second-order valence-corrected chi connectivity index (χ2v) is 9.55. The van der Waals surface area contributed by atoms with Crippen LogP contribution in [-0.4, -0.2) is 24.5 Å². The van der Waals surface area contributed by atoms with Gasteiger partial charge in [-0.15, -0.1) is 10.2 Å². The Labute approximate surface area is 203 Å². The lowest BCUT2D eigenvalue weighted by atomic mass is 9.97. The Kier molecular flexibility index (Phi) is 6.45. The number of nitrogens with one attached hydrogen (secondary N) is 1. The Morgan fingerprint density at radius 1 is 1.08 bits per heavy atom. The van der Waals surface area contributed by atoms with Crippen LogP contribution in [0.25, 0.3) is 0 Å². The van der Waals surface area contributed by atoms with E-state index in [2.05, 4.69) is 15.5 Å². The second-order valence-electron chi connectivity index (χ2n) is 8.52. The monoisotopic (exact) mass is 527 g/mol. The van der Waals surface area contributed by atoms with Crippen molar-refractivity contribution in [2.24, 2.45) is 0 Å². The number of halogens is 5. The molecular formula is C23H18F5N3O4S. The molecule has 1 aliphatic rings. The minimum Gasteiger partial charge on any atom is -0.434 e. The van der Waals surface area contributed by atoms with Gasteiger partial charge in [-0.25, -0.2) is 12.8 Å². The molecule has 190 valence electrons. The van der Waals surface area contributed by atoms with Gasteiger partial charge in [-0.1, -0.05) is 19.1 Å². The molecule has 1 aliphatic carbocycles. The molecule has 1 heterocycles. The first-order valence-electron chi connectivity index (χ1n) is 10.5. The fraction of sp³-hybridized carbons (Fsp3) is 0.261. The summed E-state index contributed by atoms with van der Waals surface area (Å²) in [4.78, 5) is 12.9. The largest absolute Gasteiger partial charge is 0.435 e. The summed E-state index contributed by atoms with van der Waals surface area (Å²) in [5.41, 5.74) is -3.34. The minimum absolute atomic E-state index is 0.0494. The zero-order valence-corrected chi connectivity index (χ0v) is 19.6. The molecule has 7 nitrogen and oxygen atoms in total. The number of amides is 1. The zero-order chi connectivity index (χ0) is 26.4. The van der Waals surface area contributed by atoms with Crippen molar-refractivity contribution in [2.75, 3.05) is 5.32 Å². The SMILES string of the molecule is Cc1c(C(F)(F)F)nnc(Oc2ccc(C3(C)CC3)c(F)c2F)c1C(=O)Nc1cccc([SH](=O)=O)c1. The molecule has 1 aromatic heterocycles. The number of alkyl halides is 3. The molecule has 0 bridgehead atoms. The van der Waals surface area contributed by atoms with Gasteiger partial charge < -0.3 is 10.1 Å². The highest BCUT2D eigenvalue weighted by molar-refractivity contribution is 7.72. The van der Waals surface area contributed by atoms with E-state index in [1.54, 1.807) is 6.92 Å². The van der Waals surface area contributed by atoms with Gasteiger partial charge >= 0.3 is 6.18 Å². The first kappa shape index (κ1) is 25.5. The smallest absolute Gasteiger partial charge is 0.434 e. The van der Waals surface area contributed by atoms with Crippen LogP contribution in [-0.2, 0) is 22.3 Å². The third-order valence-corrected chi connectivity index (χ3v) is 6.60. The van der Waals surface area contributed by atoms with E-state index in [1.807, 2.05) is 0 Å². The number of hydrogen-bond acceptors (Lipinski definition) is 6. The van der Waals surface area contributed by atoms with Gasteiger partial charge in [0.05, 0.1) is 4.90 Å². The Balaban J connectivity index is 1.76. The maximum atomic E-state index is 14.8. The van der Waals surface area contributed by atoms with E-state index >= 15 is 0 Å². The number of rotatable bonds is 6. The lowest BCUT2D eigenvalue weighted by Gasteiger charge is -2.17. The van der Waals surface area contributed by atoms with Crippen molar-refractivity contribution in [3.05, 3.63) is 70.4 Å². The quantitative estimate of drug-likeness (QED) is 0.340. The van der Waals surface area contributed by atoms with Crippen LogP contribution >= 0.6 is 0 Å². The third-order valence-electron chi connectivity index (χ3n) is 5.90. The first-order chi connectivity index (χ1) is 16.8. The van der Waals surface area contributed by atoms with Gasteiger partial charge in [0.25, 0.3) is 11.8 Å². The molecule has 0 atom stereocenters. The molecule has 36 heavy (non-hydrogen) atoms. The van der Waals surface area contributed by atoms with Crippen LogP contribution in [0.2, 0.25) is 0 Å². The molecule has 4 rings (SSSR count). The Morgan fingerprint density at radius 2 is 1.78 bits per heavy atom. The maximum Gasteiger partial charge on any atom is 0.435 e. The van der Waals surface area contributed by atoms with Crippen molar-refractivity contribution in [3.63, 3.8) is 0 Å². The molecule has 13 heteroatoms. The Morgan fingerprint density at radius 3 is 2.39 bits per heavy atom. The van der Waals surface area contributed by atoms with Crippen LogP contribution in [0, 0.1) is 18.6 Å². The molecule has 1 N–H and O–H groups in total. The number of hydrogen-bond donors (Lipinski definition) is 2. The fourth-order valence-electron chi connectivity index (χ4n) is 3.64. The van der Waals surface area contributed by atoms with Crippen LogP contribution in [0.5, 0.6) is 11.6 Å². The van der Waals surface area contributed by atoms with Crippen LogP contribution in [0.15, 0.2) is 41.3 Å². The molecule has 2 aromatic carbocycles. The molecule has 3 aromatic rings. The first-order valence-corrected chi connectivity index (χ1v) is 11.7. The van der Waals surface area contributed by atoms with Gasteiger partial charge in [-0.05, 0) is 60.6 Å².